The number of benzene rings is 1. The smallest absolute Gasteiger partial charge is 0.371 e. The van der Waals surface area contributed by atoms with Gasteiger partial charge in [0.05, 0.1) is 6.61 Å². The van der Waals surface area contributed by atoms with Crippen LogP contribution < -0.4 is 4.74 Å². The average molecular weight is 432 g/mol. The summed E-state index contributed by atoms with van der Waals surface area (Å²) < 4.78 is 36.8. The van der Waals surface area contributed by atoms with Crippen molar-refractivity contribution in [1.82, 2.24) is 9.21 Å². The molecule has 1 N–H and O–H groups in total. The third-order valence-electron chi connectivity index (χ3n) is 5.07. The van der Waals surface area contributed by atoms with Gasteiger partial charge in [-0.2, -0.15) is 4.31 Å². The highest BCUT2D eigenvalue weighted by Crippen LogP contribution is 2.26. The van der Waals surface area contributed by atoms with Gasteiger partial charge in [-0.15, -0.1) is 0 Å². The Hall–Kier alpha value is -3.11. The molecule has 1 aromatic carbocycles. The molecule has 4 rings (SSSR count). The van der Waals surface area contributed by atoms with Crippen LogP contribution in [0.3, 0.4) is 0 Å². The van der Waals surface area contributed by atoms with Gasteiger partial charge in [-0.1, -0.05) is 6.07 Å². The van der Waals surface area contributed by atoms with E-state index in [1.807, 2.05) is 18.2 Å². The molecule has 0 bridgehead atoms. The Bertz CT molecular complexity index is 1110. The van der Waals surface area contributed by atoms with Crippen LogP contribution in [-0.4, -0.2) is 67.4 Å². The van der Waals surface area contributed by atoms with Gasteiger partial charge < -0.3 is 19.2 Å². The lowest BCUT2D eigenvalue weighted by Gasteiger charge is -2.32. The van der Waals surface area contributed by atoms with Gasteiger partial charge in [-0.05, 0) is 41.5 Å². The van der Waals surface area contributed by atoms with Gasteiger partial charge in [-0.3, -0.25) is 4.79 Å². The van der Waals surface area contributed by atoms with E-state index in [0.29, 0.717) is 6.61 Å². The fraction of sp³-hybridized carbons (Fsp3) is 0.300. The number of fused-ring (bicyclic) bond motifs is 1. The Morgan fingerprint density at radius 3 is 2.53 bits per heavy atom. The second-order valence-corrected chi connectivity index (χ2v) is 8.82. The molecular weight excluding hydrogens is 412 g/mol. The van der Waals surface area contributed by atoms with Gasteiger partial charge in [0.2, 0.25) is 16.8 Å². The molecule has 0 spiro atoms. The zero-order chi connectivity index (χ0) is 21.3. The maximum absolute atomic E-state index is 12.6. The number of hydrogen-bond acceptors (Lipinski definition) is 6. The molecule has 0 saturated carbocycles. The monoisotopic (exact) mass is 432 g/mol. The van der Waals surface area contributed by atoms with Crippen LogP contribution in [-0.2, 0) is 21.2 Å². The first-order valence-corrected chi connectivity index (χ1v) is 10.8. The minimum atomic E-state index is -3.95. The molecule has 1 saturated heterocycles. The molecule has 0 radical (unpaired) electrons. The van der Waals surface area contributed by atoms with E-state index in [4.69, 9.17) is 14.3 Å². The number of rotatable bonds is 5. The van der Waals surface area contributed by atoms with Gasteiger partial charge in [-0.25, -0.2) is 13.2 Å². The fourth-order valence-electron chi connectivity index (χ4n) is 3.43. The Kier molecular flexibility index (Phi) is 5.35. The number of furan rings is 1. The Labute approximate surface area is 173 Å². The van der Waals surface area contributed by atoms with Crippen molar-refractivity contribution in [2.45, 2.75) is 11.5 Å². The van der Waals surface area contributed by atoms with Crippen LogP contribution in [0, 0.1) is 0 Å². The van der Waals surface area contributed by atoms with E-state index in [1.165, 1.54) is 10.4 Å². The number of carboxylic acids is 1. The largest absolute Gasteiger partial charge is 0.493 e. The number of piperazine rings is 1. The normalized spacial score (nSPS) is 17.1. The number of carbonyl (C=O) groups excluding carboxylic acids is 1. The minimum Gasteiger partial charge on any atom is -0.493 e. The average Bonchev–Trinajstić information content (AvgIpc) is 3.41. The summed E-state index contributed by atoms with van der Waals surface area (Å²) in [6, 6.07) is 7.99. The maximum Gasteiger partial charge on any atom is 0.371 e. The van der Waals surface area contributed by atoms with Crippen molar-refractivity contribution in [3.8, 4) is 5.75 Å². The molecule has 0 atom stereocenters. The van der Waals surface area contributed by atoms with Crippen molar-refractivity contribution in [3.05, 3.63) is 53.3 Å². The van der Waals surface area contributed by atoms with Crippen molar-refractivity contribution in [2.24, 2.45) is 0 Å². The molecular formula is C20H20N2O7S. The van der Waals surface area contributed by atoms with Crippen LogP contribution in [0.25, 0.3) is 6.08 Å². The third kappa shape index (κ3) is 3.96. The van der Waals surface area contributed by atoms with Crippen LogP contribution in [0.2, 0.25) is 0 Å². The van der Waals surface area contributed by atoms with Crippen molar-refractivity contribution in [2.75, 3.05) is 32.8 Å². The Morgan fingerprint density at radius 2 is 1.83 bits per heavy atom. The van der Waals surface area contributed by atoms with Crippen molar-refractivity contribution >= 4 is 28.0 Å². The van der Waals surface area contributed by atoms with Gasteiger partial charge in [0.25, 0.3) is 10.0 Å². The summed E-state index contributed by atoms with van der Waals surface area (Å²) in [7, 11) is -3.95. The number of nitrogens with zero attached hydrogens (tertiary/aromatic N) is 2. The zero-order valence-corrected chi connectivity index (χ0v) is 16.8. The van der Waals surface area contributed by atoms with E-state index >= 15 is 0 Å². The summed E-state index contributed by atoms with van der Waals surface area (Å²) in [5.41, 5.74) is 2.02. The molecule has 0 unspecified atom stereocenters. The van der Waals surface area contributed by atoms with E-state index in [2.05, 4.69) is 0 Å². The molecule has 9 nitrogen and oxygen atoms in total. The molecule has 3 heterocycles. The van der Waals surface area contributed by atoms with Gasteiger partial charge in [0.15, 0.2) is 0 Å². The molecule has 1 aromatic heterocycles. The van der Waals surface area contributed by atoms with Gasteiger partial charge in [0, 0.05) is 38.7 Å². The fourth-order valence-corrected chi connectivity index (χ4v) is 4.77. The lowest BCUT2D eigenvalue weighted by molar-refractivity contribution is -0.127. The lowest BCUT2D eigenvalue weighted by atomic mass is 10.1. The number of aromatic carboxylic acids is 1. The topological polar surface area (TPSA) is 117 Å². The first kappa shape index (κ1) is 20.2. The van der Waals surface area contributed by atoms with E-state index in [-0.39, 0.29) is 32.1 Å². The number of carboxylic acid groups (broad SMARTS) is 1. The molecule has 1 fully saturated rings. The van der Waals surface area contributed by atoms with E-state index in [9.17, 15) is 18.0 Å². The number of hydrogen-bond donors (Lipinski definition) is 1. The lowest BCUT2D eigenvalue weighted by Crippen LogP contribution is -2.50. The quantitative estimate of drug-likeness (QED) is 0.711. The van der Waals surface area contributed by atoms with Crippen LogP contribution in [0.5, 0.6) is 5.75 Å². The highest BCUT2D eigenvalue weighted by Gasteiger charge is 2.32. The van der Waals surface area contributed by atoms with Gasteiger partial charge >= 0.3 is 5.97 Å². The Balaban J connectivity index is 1.36. The summed E-state index contributed by atoms with van der Waals surface area (Å²) in [5, 5.41) is 8.47. The Morgan fingerprint density at radius 1 is 1.07 bits per heavy atom. The van der Waals surface area contributed by atoms with Crippen LogP contribution >= 0.6 is 0 Å². The van der Waals surface area contributed by atoms with Crippen LogP contribution in [0.1, 0.15) is 21.7 Å². The molecule has 1 amide bonds. The predicted octanol–water partition coefficient (Wildman–Crippen LogP) is 1.46. The summed E-state index contributed by atoms with van der Waals surface area (Å²) in [5.74, 6) is -1.10. The van der Waals surface area contributed by atoms with E-state index in [1.54, 1.807) is 11.0 Å². The molecule has 2 aliphatic heterocycles. The molecule has 10 heteroatoms. The zero-order valence-electron chi connectivity index (χ0n) is 16.0. The van der Waals surface area contributed by atoms with Gasteiger partial charge in [0.1, 0.15) is 5.75 Å². The summed E-state index contributed by atoms with van der Waals surface area (Å²) in [6.45, 7) is 1.33. The SMILES string of the molecule is O=C(O)c1ccc(S(=O)(=O)N2CCN(C(=O)/C=C/c3ccc4c(c3)CCO4)CC2)o1. The number of ether oxygens (including phenoxy) is 1. The number of sulfonamides is 1. The van der Waals surface area contributed by atoms with E-state index in [0.717, 1.165) is 35.4 Å². The highest BCUT2D eigenvalue weighted by atomic mass is 32.2. The van der Waals surface area contributed by atoms with E-state index < -0.39 is 26.8 Å². The summed E-state index contributed by atoms with van der Waals surface area (Å²) >= 11 is 0. The summed E-state index contributed by atoms with van der Waals surface area (Å²) in [4.78, 5) is 24.9. The molecule has 2 aromatic rings. The van der Waals surface area contributed by atoms with Crippen molar-refractivity contribution in [3.63, 3.8) is 0 Å². The predicted molar refractivity (Wildman–Crippen MR) is 106 cm³/mol. The second-order valence-electron chi connectivity index (χ2n) is 6.95. The third-order valence-corrected chi connectivity index (χ3v) is 6.84. The summed E-state index contributed by atoms with van der Waals surface area (Å²) in [6.07, 6.45) is 4.07. The van der Waals surface area contributed by atoms with Crippen molar-refractivity contribution in [1.29, 1.82) is 0 Å². The standard InChI is InChI=1S/C20H20N2O7S/c23-18(5-2-14-1-3-16-15(13-14)7-12-28-16)21-8-10-22(11-9-21)30(26,27)19-6-4-17(29-19)20(24)25/h1-6,13H,7-12H2,(H,24,25)/b5-2+. The molecule has 0 aliphatic carbocycles. The first-order valence-electron chi connectivity index (χ1n) is 9.40. The number of amides is 1. The van der Waals surface area contributed by atoms with Crippen LogP contribution in [0.15, 0.2) is 45.9 Å². The minimum absolute atomic E-state index is 0.0984. The molecule has 2 aliphatic rings. The highest BCUT2D eigenvalue weighted by molar-refractivity contribution is 7.89. The first-order chi connectivity index (χ1) is 14.3. The maximum atomic E-state index is 12.6. The second kappa shape index (κ2) is 7.96. The number of carbonyl (C=O) groups is 2. The molecule has 30 heavy (non-hydrogen) atoms. The van der Waals surface area contributed by atoms with Crippen molar-refractivity contribution < 1.29 is 32.3 Å². The molecule has 158 valence electrons. The van der Waals surface area contributed by atoms with Crippen LogP contribution in [0.4, 0.5) is 0 Å².